The monoisotopic (exact) mass is 208 g/mol. The molecule has 2 amide bonds. The standard InChI is InChI=1S/C11H16N2O2/c1-8(14)9-5-4-6-10(7-9)12-11(15)13(2)3/h4-8,14H,1-3H3,(H,12,15). The van der Waals surface area contributed by atoms with E-state index in [0.717, 1.165) is 5.56 Å². The van der Waals surface area contributed by atoms with Crippen LogP contribution in [0.3, 0.4) is 0 Å². The van der Waals surface area contributed by atoms with E-state index in [9.17, 15) is 9.90 Å². The van der Waals surface area contributed by atoms with Crippen LogP contribution in [0.15, 0.2) is 24.3 Å². The molecule has 4 nitrogen and oxygen atoms in total. The Bertz CT molecular complexity index is 348. The summed E-state index contributed by atoms with van der Waals surface area (Å²) in [5, 5.41) is 12.1. The number of hydrogen-bond acceptors (Lipinski definition) is 2. The summed E-state index contributed by atoms with van der Waals surface area (Å²) in [5.41, 5.74) is 1.47. The molecule has 0 radical (unpaired) electrons. The Hall–Kier alpha value is -1.55. The van der Waals surface area contributed by atoms with E-state index < -0.39 is 6.10 Å². The summed E-state index contributed by atoms with van der Waals surface area (Å²) in [5.74, 6) is 0. The van der Waals surface area contributed by atoms with Crippen LogP contribution in [0.25, 0.3) is 0 Å². The van der Waals surface area contributed by atoms with Crippen molar-refractivity contribution in [2.45, 2.75) is 13.0 Å². The second-order valence-corrected chi connectivity index (χ2v) is 3.63. The fourth-order valence-electron chi connectivity index (χ4n) is 1.11. The zero-order valence-electron chi connectivity index (χ0n) is 9.19. The highest BCUT2D eigenvalue weighted by atomic mass is 16.3. The maximum atomic E-state index is 11.3. The Morgan fingerprint density at radius 3 is 2.67 bits per heavy atom. The summed E-state index contributed by atoms with van der Waals surface area (Å²) >= 11 is 0. The number of hydrogen-bond donors (Lipinski definition) is 2. The third-order valence-electron chi connectivity index (χ3n) is 2.03. The third-order valence-corrected chi connectivity index (χ3v) is 2.03. The molecule has 0 fully saturated rings. The highest BCUT2D eigenvalue weighted by Gasteiger charge is 2.05. The van der Waals surface area contributed by atoms with Crippen LogP contribution >= 0.6 is 0 Å². The van der Waals surface area contributed by atoms with E-state index in [1.807, 2.05) is 6.07 Å². The lowest BCUT2D eigenvalue weighted by molar-refractivity contribution is 0.199. The maximum Gasteiger partial charge on any atom is 0.321 e. The second-order valence-electron chi connectivity index (χ2n) is 3.63. The SMILES string of the molecule is CC(O)c1cccc(NC(=O)N(C)C)c1. The third kappa shape index (κ3) is 3.25. The van der Waals surface area contributed by atoms with Gasteiger partial charge in [-0.2, -0.15) is 0 Å². The molecule has 1 aromatic rings. The number of aliphatic hydroxyl groups excluding tert-OH is 1. The number of nitrogens with one attached hydrogen (secondary N) is 1. The minimum absolute atomic E-state index is 0.183. The quantitative estimate of drug-likeness (QED) is 0.779. The van der Waals surface area contributed by atoms with Gasteiger partial charge in [0.15, 0.2) is 0 Å². The summed E-state index contributed by atoms with van der Waals surface area (Å²) in [6.07, 6.45) is -0.527. The molecule has 0 saturated carbocycles. The van der Waals surface area contributed by atoms with Gasteiger partial charge in [-0.25, -0.2) is 4.79 Å². The van der Waals surface area contributed by atoms with Gasteiger partial charge in [-0.1, -0.05) is 12.1 Å². The Morgan fingerprint density at radius 1 is 1.47 bits per heavy atom. The van der Waals surface area contributed by atoms with Gasteiger partial charge in [0.1, 0.15) is 0 Å². The van der Waals surface area contributed by atoms with E-state index in [2.05, 4.69) is 5.32 Å². The Morgan fingerprint density at radius 2 is 2.13 bits per heavy atom. The summed E-state index contributed by atoms with van der Waals surface area (Å²) < 4.78 is 0. The Kier molecular flexibility index (Phi) is 3.68. The molecule has 15 heavy (non-hydrogen) atoms. The lowest BCUT2D eigenvalue weighted by Gasteiger charge is -2.13. The smallest absolute Gasteiger partial charge is 0.321 e. The van der Waals surface area contributed by atoms with Crippen LogP contribution in [0, 0.1) is 0 Å². The molecule has 0 saturated heterocycles. The van der Waals surface area contributed by atoms with Gasteiger partial charge in [-0.3, -0.25) is 0 Å². The number of urea groups is 1. The molecule has 2 N–H and O–H groups in total. The van der Waals surface area contributed by atoms with Crippen molar-refractivity contribution in [2.24, 2.45) is 0 Å². The molecule has 4 heteroatoms. The first-order valence-corrected chi connectivity index (χ1v) is 4.77. The van der Waals surface area contributed by atoms with Crippen molar-refractivity contribution in [2.75, 3.05) is 19.4 Å². The van der Waals surface area contributed by atoms with Gasteiger partial charge in [-0.15, -0.1) is 0 Å². The summed E-state index contributed by atoms with van der Waals surface area (Å²) in [4.78, 5) is 12.8. The van der Waals surface area contributed by atoms with E-state index in [0.29, 0.717) is 5.69 Å². The molecular weight excluding hydrogens is 192 g/mol. The van der Waals surface area contributed by atoms with Crippen LogP contribution < -0.4 is 5.32 Å². The number of carbonyl (C=O) groups is 1. The van der Waals surface area contributed by atoms with Gasteiger partial charge in [0, 0.05) is 19.8 Å². The predicted molar refractivity (Wildman–Crippen MR) is 59.8 cm³/mol. The molecule has 1 unspecified atom stereocenters. The highest BCUT2D eigenvalue weighted by molar-refractivity contribution is 5.88. The molecule has 82 valence electrons. The van der Waals surface area contributed by atoms with Crippen LogP contribution in [0.5, 0.6) is 0 Å². The van der Waals surface area contributed by atoms with Gasteiger partial charge in [0.05, 0.1) is 6.10 Å². The van der Waals surface area contributed by atoms with Gasteiger partial charge >= 0.3 is 6.03 Å². The van der Waals surface area contributed by atoms with Gasteiger partial charge in [-0.05, 0) is 24.6 Å². The molecule has 1 aromatic carbocycles. The summed E-state index contributed by atoms with van der Waals surface area (Å²) in [6, 6.07) is 6.97. The normalized spacial score (nSPS) is 12.0. The molecule has 0 heterocycles. The number of anilines is 1. The second kappa shape index (κ2) is 4.79. The average Bonchev–Trinajstić information content (AvgIpc) is 2.18. The number of amides is 2. The molecule has 1 rings (SSSR count). The van der Waals surface area contributed by atoms with Gasteiger partial charge in [0.25, 0.3) is 0 Å². The van der Waals surface area contributed by atoms with Crippen molar-refractivity contribution in [3.8, 4) is 0 Å². The first-order valence-electron chi connectivity index (χ1n) is 4.77. The lowest BCUT2D eigenvalue weighted by atomic mass is 10.1. The van der Waals surface area contributed by atoms with Crippen molar-refractivity contribution in [1.82, 2.24) is 4.90 Å². The van der Waals surface area contributed by atoms with Crippen molar-refractivity contribution >= 4 is 11.7 Å². The van der Waals surface area contributed by atoms with Crippen LogP contribution in [-0.4, -0.2) is 30.1 Å². The molecule has 0 bridgehead atoms. The van der Waals surface area contributed by atoms with Gasteiger partial charge in [0.2, 0.25) is 0 Å². The fourth-order valence-corrected chi connectivity index (χ4v) is 1.11. The minimum Gasteiger partial charge on any atom is -0.389 e. The van der Waals surface area contributed by atoms with Crippen molar-refractivity contribution in [3.05, 3.63) is 29.8 Å². The maximum absolute atomic E-state index is 11.3. The number of carbonyl (C=O) groups excluding carboxylic acids is 1. The first-order chi connectivity index (χ1) is 7.00. The van der Waals surface area contributed by atoms with E-state index >= 15 is 0 Å². The molecule has 0 spiro atoms. The molecule has 0 aliphatic heterocycles. The van der Waals surface area contributed by atoms with Crippen LogP contribution in [-0.2, 0) is 0 Å². The molecule has 0 aliphatic carbocycles. The van der Waals surface area contributed by atoms with Crippen molar-refractivity contribution in [1.29, 1.82) is 0 Å². The van der Waals surface area contributed by atoms with Crippen LogP contribution in [0.2, 0.25) is 0 Å². The van der Waals surface area contributed by atoms with Crippen molar-refractivity contribution in [3.63, 3.8) is 0 Å². The van der Waals surface area contributed by atoms with E-state index in [-0.39, 0.29) is 6.03 Å². The van der Waals surface area contributed by atoms with E-state index in [4.69, 9.17) is 0 Å². The number of aliphatic hydroxyl groups is 1. The zero-order chi connectivity index (χ0) is 11.4. The number of rotatable bonds is 2. The van der Waals surface area contributed by atoms with E-state index in [1.165, 1.54) is 4.90 Å². The van der Waals surface area contributed by atoms with Crippen LogP contribution in [0.1, 0.15) is 18.6 Å². The van der Waals surface area contributed by atoms with Crippen molar-refractivity contribution < 1.29 is 9.90 Å². The topological polar surface area (TPSA) is 52.6 Å². The number of nitrogens with zero attached hydrogens (tertiary/aromatic N) is 1. The minimum atomic E-state index is -0.527. The summed E-state index contributed by atoms with van der Waals surface area (Å²) in [6.45, 7) is 1.69. The average molecular weight is 208 g/mol. The lowest BCUT2D eigenvalue weighted by Crippen LogP contribution is -2.27. The molecular formula is C11H16N2O2. The zero-order valence-corrected chi connectivity index (χ0v) is 9.19. The highest BCUT2D eigenvalue weighted by Crippen LogP contribution is 2.16. The largest absolute Gasteiger partial charge is 0.389 e. The summed E-state index contributed by atoms with van der Waals surface area (Å²) in [7, 11) is 3.35. The Balaban J connectivity index is 2.78. The van der Waals surface area contributed by atoms with Crippen LogP contribution in [0.4, 0.5) is 10.5 Å². The predicted octanol–water partition coefficient (Wildman–Crippen LogP) is 1.83. The Labute approximate surface area is 89.5 Å². The van der Waals surface area contributed by atoms with Gasteiger partial charge < -0.3 is 15.3 Å². The first kappa shape index (κ1) is 11.5. The molecule has 0 aliphatic rings. The number of benzene rings is 1. The van der Waals surface area contributed by atoms with E-state index in [1.54, 1.807) is 39.2 Å². The fraction of sp³-hybridized carbons (Fsp3) is 0.364. The molecule has 0 aromatic heterocycles. The molecule has 1 atom stereocenters.